The topological polar surface area (TPSA) is 54.5 Å². The average Bonchev–Trinajstić information content (AvgIpc) is 3.24. The highest BCUT2D eigenvalue weighted by atomic mass is 35.5. The number of ether oxygens (including phenoxy) is 1. The van der Waals surface area contributed by atoms with Crippen LogP contribution in [0, 0.1) is 6.92 Å². The van der Waals surface area contributed by atoms with Crippen molar-refractivity contribution < 1.29 is 9.53 Å². The molecule has 4 rings (SSSR count). The molecule has 0 spiro atoms. The Kier molecular flexibility index (Phi) is 5.09. The summed E-state index contributed by atoms with van der Waals surface area (Å²) in [7, 11) is 1.56. The molecule has 3 aromatic rings. The van der Waals surface area contributed by atoms with E-state index in [0.717, 1.165) is 48.2 Å². The molecule has 1 aliphatic heterocycles. The first-order valence-corrected chi connectivity index (χ1v) is 9.75. The van der Waals surface area contributed by atoms with Crippen molar-refractivity contribution in [3.63, 3.8) is 0 Å². The van der Waals surface area contributed by atoms with Gasteiger partial charge in [0.15, 0.2) is 0 Å². The monoisotopic (exact) mass is 395 g/mol. The zero-order valence-electron chi connectivity index (χ0n) is 16.0. The van der Waals surface area contributed by atoms with E-state index < -0.39 is 0 Å². The lowest BCUT2D eigenvalue weighted by atomic mass is 10.1. The summed E-state index contributed by atoms with van der Waals surface area (Å²) in [5, 5.41) is 4.52. The number of carbonyl (C=O) groups is 1. The number of methoxy groups -OCH3 is 1. The number of pyridine rings is 1. The van der Waals surface area contributed by atoms with Gasteiger partial charge in [-0.3, -0.25) is 4.79 Å². The van der Waals surface area contributed by atoms with Crippen molar-refractivity contribution in [2.24, 2.45) is 0 Å². The number of rotatable bonds is 4. The van der Waals surface area contributed by atoms with Crippen LogP contribution < -0.4 is 15.0 Å². The lowest BCUT2D eigenvalue weighted by Crippen LogP contribution is -2.24. The van der Waals surface area contributed by atoms with Crippen LogP contribution in [-0.4, -0.2) is 31.1 Å². The van der Waals surface area contributed by atoms with Gasteiger partial charge in [0.25, 0.3) is 5.91 Å². The lowest BCUT2D eigenvalue weighted by Gasteiger charge is -2.21. The van der Waals surface area contributed by atoms with Gasteiger partial charge >= 0.3 is 0 Å². The molecular weight excluding hydrogens is 374 g/mol. The van der Waals surface area contributed by atoms with Gasteiger partial charge in [-0.2, -0.15) is 0 Å². The standard InChI is InChI=1S/C22H22ClN3O2/c1-14-11-19(20(28-2)13-17(14)23)25-22(27)16-12-15-7-3-4-8-18(15)24-21(16)26-9-5-6-10-26/h3-4,7-8,11-13H,5-6,9-10H2,1-2H3,(H,25,27). The maximum atomic E-state index is 13.2. The van der Waals surface area contributed by atoms with E-state index in [0.29, 0.717) is 22.0 Å². The Bertz CT molecular complexity index is 1050. The smallest absolute Gasteiger partial charge is 0.259 e. The Labute approximate surface area is 169 Å². The fourth-order valence-electron chi connectivity index (χ4n) is 3.56. The van der Waals surface area contributed by atoms with E-state index in [-0.39, 0.29) is 5.91 Å². The molecule has 0 bridgehead atoms. The Balaban J connectivity index is 1.76. The van der Waals surface area contributed by atoms with Gasteiger partial charge in [0.05, 0.1) is 23.9 Å². The number of fused-ring (bicyclic) bond motifs is 1. The number of halogens is 1. The summed E-state index contributed by atoms with van der Waals surface area (Å²) in [6, 6.07) is 13.3. The molecule has 0 unspecified atom stereocenters. The van der Waals surface area contributed by atoms with E-state index in [2.05, 4.69) is 10.2 Å². The molecule has 1 saturated heterocycles. The number of nitrogens with one attached hydrogen (secondary N) is 1. The number of aryl methyl sites for hydroxylation is 1. The summed E-state index contributed by atoms with van der Waals surface area (Å²) in [5.74, 6) is 1.05. The summed E-state index contributed by atoms with van der Waals surface area (Å²) in [5.41, 5.74) is 2.92. The third-order valence-corrected chi connectivity index (χ3v) is 5.49. The van der Waals surface area contributed by atoms with Gasteiger partial charge in [-0.1, -0.05) is 29.8 Å². The van der Waals surface area contributed by atoms with Crippen LogP contribution in [0.1, 0.15) is 28.8 Å². The first-order chi connectivity index (χ1) is 13.6. The molecule has 0 saturated carbocycles. The fourth-order valence-corrected chi connectivity index (χ4v) is 3.72. The van der Waals surface area contributed by atoms with E-state index in [4.69, 9.17) is 21.3 Å². The van der Waals surface area contributed by atoms with Crippen molar-refractivity contribution in [1.82, 2.24) is 4.98 Å². The van der Waals surface area contributed by atoms with Crippen LogP contribution in [0.4, 0.5) is 11.5 Å². The SMILES string of the molecule is COc1cc(Cl)c(C)cc1NC(=O)c1cc2ccccc2nc1N1CCCC1. The second-order valence-electron chi connectivity index (χ2n) is 7.00. The number of nitrogens with zero attached hydrogens (tertiary/aromatic N) is 2. The predicted molar refractivity (Wildman–Crippen MR) is 114 cm³/mol. The second-order valence-corrected chi connectivity index (χ2v) is 7.41. The minimum Gasteiger partial charge on any atom is -0.495 e. The second kappa shape index (κ2) is 7.68. The van der Waals surface area contributed by atoms with Crippen molar-refractivity contribution in [2.75, 3.05) is 30.4 Å². The van der Waals surface area contributed by atoms with Crippen molar-refractivity contribution >= 4 is 39.9 Å². The highest BCUT2D eigenvalue weighted by molar-refractivity contribution is 6.31. The lowest BCUT2D eigenvalue weighted by molar-refractivity contribution is 0.102. The summed E-state index contributed by atoms with van der Waals surface area (Å²) < 4.78 is 5.39. The van der Waals surface area contributed by atoms with Crippen LogP contribution in [0.25, 0.3) is 10.9 Å². The van der Waals surface area contributed by atoms with Crippen LogP contribution in [0.5, 0.6) is 5.75 Å². The third-order valence-electron chi connectivity index (χ3n) is 5.08. The van der Waals surface area contributed by atoms with E-state index in [1.54, 1.807) is 13.2 Å². The highest BCUT2D eigenvalue weighted by Crippen LogP contribution is 2.33. The fraction of sp³-hybridized carbons (Fsp3) is 0.273. The molecule has 0 radical (unpaired) electrons. The maximum Gasteiger partial charge on any atom is 0.259 e. The van der Waals surface area contributed by atoms with E-state index in [1.807, 2.05) is 43.3 Å². The van der Waals surface area contributed by atoms with Crippen molar-refractivity contribution in [2.45, 2.75) is 19.8 Å². The molecule has 0 aliphatic carbocycles. The first-order valence-electron chi connectivity index (χ1n) is 9.37. The molecule has 1 aliphatic rings. The summed E-state index contributed by atoms with van der Waals surface area (Å²) in [4.78, 5) is 20.2. The largest absolute Gasteiger partial charge is 0.495 e. The molecular formula is C22H22ClN3O2. The molecule has 5 nitrogen and oxygen atoms in total. The van der Waals surface area contributed by atoms with Crippen LogP contribution in [0.2, 0.25) is 5.02 Å². The van der Waals surface area contributed by atoms with E-state index in [9.17, 15) is 4.79 Å². The normalized spacial score (nSPS) is 13.8. The van der Waals surface area contributed by atoms with Gasteiger partial charge in [0.1, 0.15) is 11.6 Å². The Morgan fingerprint density at radius 3 is 2.68 bits per heavy atom. The summed E-state index contributed by atoms with van der Waals surface area (Å²) in [6.07, 6.45) is 2.22. The first kappa shape index (κ1) is 18.6. The number of amides is 1. The minimum absolute atomic E-state index is 0.208. The molecule has 2 aromatic carbocycles. The summed E-state index contributed by atoms with van der Waals surface area (Å²) >= 11 is 6.19. The molecule has 1 aromatic heterocycles. The zero-order valence-corrected chi connectivity index (χ0v) is 16.7. The van der Waals surface area contributed by atoms with Gasteiger partial charge in [-0.25, -0.2) is 4.98 Å². The molecule has 1 N–H and O–H groups in total. The van der Waals surface area contributed by atoms with Crippen LogP contribution in [0.15, 0.2) is 42.5 Å². The summed E-state index contributed by atoms with van der Waals surface area (Å²) in [6.45, 7) is 3.72. The Hall–Kier alpha value is -2.79. The molecule has 144 valence electrons. The van der Waals surface area contributed by atoms with E-state index in [1.165, 1.54) is 0 Å². The number of anilines is 2. The average molecular weight is 396 g/mol. The van der Waals surface area contributed by atoms with Gasteiger partial charge in [0.2, 0.25) is 0 Å². The van der Waals surface area contributed by atoms with Gasteiger partial charge in [-0.05, 0) is 43.5 Å². The maximum absolute atomic E-state index is 13.2. The van der Waals surface area contributed by atoms with Crippen molar-refractivity contribution in [3.8, 4) is 5.75 Å². The quantitative estimate of drug-likeness (QED) is 0.671. The highest BCUT2D eigenvalue weighted by Gasteiger charge is 2.23. The molecule has 2 heterocycles. The number of hydrogen-bond acceptors (Lipinski definition) is 4. The van der Waals surface area contributed by atoms with E-state index >= 15 is 0 Å². The molecule has 28 heavy (non-hydrogen) atoms. The molecule has 6 heteroatoms. The van der Waals surface area contributed by atoms with Crippen LogP contribution >= 0.6 is 11.6 Å². The molecule has 1 amide bonds. The number of hydrogen-bond donors (Lipinski definition) is 1. The number of para-hydroxylation sites is 1. The van der Waals surface area contributed by atoms with Crippen LogP contribution in [0.3, 0.4) is 0 Å². The zero-order chi connectivity index (χ0) is 19.7. The predicted octanol–water partition coefficient (Wildman–Crippen LogP) is 5.06. The number of benzene rings is 2. The number of aromatic nitrogens is 1. The Morgan fingerprint density at radius 1 is 1.18 bits per heavy atom. The third kappa shape index (κ3) is 3.50. The van der Waals surface area contributed by atoms with Gasteiger partial charge < -0.3 is 15.0 Å². The Morgan fingerprint density at radius 2 is 1.93 bits per heavy atom. The molecule has 1 fully saturated rings. The van der Waals surface area contributed by atoms with Crippen molar-refractivity contribution in [3.05, 3.63) is 58.6 Å². The van der Waals surface area contributed by atoms with Crippen molar-refractivity contribution in [1.29, 1.82) is 0 Å². The van der Waals surface area contributed by atoms with Gasteiger partial charge in [-0.15, -0.1) is 0 Å². The number of carbonyl (C=O) groups excluding carboxylic acids is 1. The van der Waals surface area contributed by atoms with Crippen LogP contribution in [-0.2, 0) is 0 Å². The van der Waals surface area contributed by atoms with Gasteiger partial charge in [0, 0.05) is 29.6 Å². The molecule has 0 atom stereocenters. The minimum atomic E-state index is -0.208.